The van der Waals surface area contributed by atoms with E-state index in [9.17, 15) is 9.90 Å². The van der Waals surface area contributed by atoms with Gasteiger partial charge in [0.25, 0.3) is 0 Å². The van der Waals surface area contributed by atoms with E-state index in [1.54, 1.807) is 0 Å². The van der Waals surface area contributed by atoms with E-state index in [1.807, 2.05) is 6.92 Å². The molecule has 1 saturated carbocycles. The fourth-order valence-electron chi connectivity index (χ4n) is 2.26. The first-order valence-electron chi connectivity index (χ1n) is 5.08. The predicted octanol–water partition coefficient (Wildman–Crippen LogP) is 1.99. The molecule has 1 aromatic rings. The van der Waals surface area contributed by atoms with E-state index in [2.05, 4.69) is 17.1 Å². The van der Waals surface area contributed by atoms with Crippen LogP contribution in [-0.4, -0.2) is 21.3 Å². The van der Waals surface area contributed by atoms with Crippen molar-refractivity contribution in [2.45, 2.75) is 38.5 Å². The molecule has 5 heteroatoms. The van der Waals surface area contributed by atoms with Gasteiger partial charge in [0, 0.05) is 0 Å². The Bertz CT molecular complexity index is 391. The van der Waals surface area contributed by atoms with Crippen LogP contribution in [0.3, 0.4) is 0 Å². The Labute approximate surface area is 92.3 Å². The number of aliphatic carboxylic acids is 1. The first-order valence-corrected chi connectivity index (χ1v) is 5.90. The van der Waals surface area contributed by atoms with E-state index < -0.39 is 11.4 Å². The number of aryl methyl sites for hydroxylation is 1. The number of nitrogens with zero attached hydrogens (tertiary/aromatic N) is 2. The van der Waals surface area contributed by atoms with Crippen LogP contribution in [-0.2, 0) is 10.2 Å². The van der Waals surface area contributed by atoms with Crippen LogP contribution in [0.5, 0.6) is 0 Å². The Morgan fingerprint density at radius 2 is 2.33 bits per heavy atom. The molecular formula is C10H14N2O2S. The summed E-state index contributed by atoms with van der Waals surface area (Å²) >= 11 is 1.41. The molecule has 2 atom stereocenters. The average molecular weight is 226 g/mol. The zero-order chi connectivity index (χ0) is 11.1. The third kappa shape index (κ3) is 1.65. The minimum Gasteiger partial charge on any atom is -0.481 e. The molecule has 0 radical (unpaired) electrons. The number of aromatic nitrogens is 2. The Morgan fingerprint density at radius 1 is 1.60 bits per heavy atom. The lowest BCUT2D eigenvalue weighted by atomic mass is 9.86. The van der Waals surface area contributed by atoms with Gasteiger partial charge in [0.1, 0.15) is 15.4 Å². The minimum absolute atomic E-state index is 0.463. The summed E-state index contributed by atoms with van der Waals surface area (Å²) in [7, 11) is 0. The summed E-state index contributed by atoms with van der Waals surface area (Å²) in [6.45, 7) is 3.95. The Hall–Kier alpha value is -0.970. The summed E-state index contributed by atoms with van der Waals surface area (Å²) in [4.78, 5) is 11.4. The van der Waals surface area contributed by atoms with Crippen molar-refractivity contribution < 1.29 is 9.90 Å². The number of carboxylic acid groups (broad SMARTS) is 1. The van der Waals surface area contributed by atoms with Gasteiger partial charge in [0.05, 0.1) is 0 Å². The number of hydrogen-bond acceptors (Lipinski definition) is 4. The molecule has 15 heavy (non-hydrogen) atoms. The molecule has 0 saturated heterocycles. The topological polar surface area (TPSA) is 63.1 Å². The maximum Gasteiger partial charge on any atom is 0.316 e. The first kappa shape index (κ1) is 10.5. The van der Waals surface area contributed by atoms with Crippen molar-refractivity contribution in [1.29, 1.82) is 0 Å². The van der Waals surface area contributed by atoms with E-state index in [0.717, 1.165) is 11.4 Å². The molecule has 0 spiro atoms. The van der Waals surface area contributed by atoms with Crippen LogP contribution in [0.2, 0.25) is 0 Å². The highest BCUT2D eigenvalue weighted by Gasteiger charge is 2.48. The van der Waals surface area contributed by atoms with Crippen LogP contribution in [0, 0.1) is 12.8 Å². The summed E-state index contributed by atoms with van der Waals surface area (Å²) in [6.07, 6.45) is 2.35. The molecule has 1 aliphatic carbocycles. The van der Waals surface area contributed by atoms with Gasteiger partial charge < -0.3 is 5.11 Å². The van der Waals surface area contributed by atoms with Crippen LogP contribution in [0.25, 0.3) is 0 Å². The van der Waals surface area contributed by atoms with Crippen molar-refractivity contribution >= 4 is 17.3 Å². The van der Waals surface area contributed by atoms with Crippen LogP contribution in [0.1, 0.15) is 36.2 Å². The molecule has 0 aromatic carbocycles. The van der Waals surface area contributed by atoms with Crippen LogP contribution in [0.4, 0.5) is 0 Å². The predicted molar refractivity (Wildman–Crippen MR) is 57.0 cm³/mol. The summed E-state index contributed by atoms with van der Waals surface area (Å²) in [6, 6.07) is 0. The maximum atomic E-state index is 11.4. The van der Waals surface area contributed by atoms with E-state index in [1.165, 1.54) is 11.3 Å². The molecule has 2 rings (SSSR count). The molecule has 1 N–H and O–H groups in total. The Balaban J connectivity index is 2.40. The van der Waals surface area contributed by atoms with Gasteiger partial charge in [-0.25, -0.2) is 0 Å². The van der Waals surface area contributed by atoms with Crippen molar-refractivity contribution in [2.24, 2.45) is 5.92 Å². The third-order valence-corrected chi connectivity index (χ3v) is 4.15. The number of rotatable bonds is 2. The number of carboxylic acids is 1. The Kier molecular flexibility index (Phi) is 2.50. The maximum absolute atomic E-state index is 11.4. The molecule has 0 amide bonds. The second-order valence-corrected chi connectivity index (χ2v) is 5.54. The molecule has 1 heterocycles. The minimum atomic E-state index is -0.759. The van der Waals surface area contributed by atoms with Gasteiger partial charge in [-0.2, -0.15) is 0 Å². The van der Waals surface area contributed by atoms with Crippen LogP contribution < -0.4 is 0 Å². The lowest BCUT2D eigenvalue weighted by Gasteiger charge is -2.20. The summed E-state index contributed by atoms with van der Waals surface area (Å²) in [5, 5.41) is 18.8. The van der Waals surface area contributed by atoms with Gasteiger partial charge in [-0.15, -0.1) is 21.5 Å². The second-order valence-electron chi connectivity index (χ2n) is 4.36. The van der Waals surface area contributed by atoms with E-state index in [0.29, 0.717) is 23.8 Å². The highest BCUT2D eigenvalue weighted by Crippen LogP contribution is 2.45. The van der Waals surface area contributed by atoms with Gasteiger partial charge in [-0.1, -0.05) is 6.92 Å². The molecule has 0 aliphatic heterocycles. The molecule has 1 aromatic heterocycles. The Morgan fingerprint density at radius 3 is 2.73 bits per heavy atom. The van der Waals surface area contributed by atoms with Crippen molar-refractivity contribution in [3.05, 3.63) is 10.0 Å². The molecule has 1 fully saturated rings. The van der Waals surface area contributed by atoms with Gasteiger partial charge in [0.2, 0.25) is 0 Å². The summed E-state index contributed by atoms with van der Waals surface area (Å²) in [5.74, 6) is -0.284. The molecule has 1 aliphatic rings. The van der Waals surface area contributed by atoms with Gasteiger partial charge in [-0.05, 0) is 32.1 Å². The van der Waals surface area contributed by atoms with E-state index in [-0.39, 0.29) is 0 Å². The van der Waals surface area contributed by atoms with Crippen molar-refractivity contribution in [3.8, 4) is 0 Å². The van der Waals surface area contributed by atoms with Crippen molar-refractivity contribution in [3.63, 3.8) is 0 Å². The normalized spacial score (nSPS) is 30.7. The highest BCUT2D eigenvalue weighted by molar-refractivity contribution is 7.11. The fraction of sp³-hybridized carbons (Fsp3) is 0.700. The molecular weight excluding hydrogens is 212 g/mol. The van der Waals surface area contributed by atoms with Gasteiger partial charge >= 0.3 is 5.97 Å². The van der Waals surface area contributed by atoms with Gasteiger partial charge in [0.15, 0.2) is 0 Å². The number of carbonyl (C=O) groups is 1. The summed E-state index contributed by atoms with van der Waals surface area (Å²) in [5.41, 5.74) is -0.759. The zero-order valence-corrected chi connectivity index (χ0v) is 9.67. The van der Waals surface area contributed by atoms with Crippen LogP contribution in [0.15, 0.2) is 0 Å². The standard InChI is InChI=1S/C10H14N2O2S/c1-6-3-4-10(5-6,9(13)14)8-12-11-7(2)15-8/h6H,3-5H2,1-2H3,(H,13,14). The monoisotopic (exact) mass is 226 g/mol. The van der Waals surface area contributed by atoms with Crippen LogP contribution >= 0.6 is 11.3 Å². The SMILES string of the molecule is Cc1nnc(C2(C(=O)O)CCC(C)C2)s1. The highest BCUT2D eigenvalue weighted by atomic mass is 32.1. The lowest BCUT2D eigenvalue weighted by Crippen LogP contribution is -2.33. The lowest BCUT2D eigenvalue weighted by molar-refractivity contribution is -0.143. The average Bonchev–Trinajstić information content (AvgIpc) is 2.72. The molecule has 4 nitrogen and oxygen atoms in total. The fourth-order valence-corrected chi connectivity index (χ4v) is 3.17. The van der Waals surface area contributed by atoms with Crippen molar-refractivity contribution in [1.82, 2.24) is 10.2 Å². The molecule has 2 unspecified atom stereocenters. The zero-order valence-electron chi connectivity index (χ0n) is 8.86. The third-order valence-electron chi connectivity index (χ3n) is 3.11. The smallest absolute Gasteiger partial charge is 0.316 e. The second kappa shape index (κ2) is 3.56. The quantitative estimate of drug-likeness (QED) is 0.837. The first-order chi connectivity index (χ1) is 7.04. The van der Waals surface area contributed by atoms with Gasteiger partial charge in [-0.3, -0.25) is 4.79 Å². The molecule has 82 valence electrons. The van der Waals surface area contributed by atoms with Crippen molar-refractivity contribution in [2.75, 3.05) is 0 Å². The largest absolute Gasteiger partial charge is 0.481 e. The number of hydrogen-bond donors (Lipinski definition) is 1. The van der Waals surface area contributed by atoms with E-state index >= 15 is 0 Å². The summed E-state index contributed by atoms with van der Waals surface area (Å²) < 4.78 is 0. The molecule has 0 bridgehead atoms. The van der Waals surface area contributed by atoms with E-state index in [4.69, 9.17) is 0 Å².